The van der Waals surface area contributed by atoms with Gasteiger partial charge in [-0.2, -0.15) is 0 Å². The van der Waals surface area contributed by atoms with Crippen molar-refractivity contribution in [3.05, 3.63) is 0 Å². The predicted octanol–water partition coefficient (Wildman–Crippen LogP) is 0.0280. The number of ether oxygens (including phenoxy) is 1. The molecular formula is C6H14N2OS. The van der Waals surface area contributed by atoms with E-state index in [1.165, 1.54) is 0 Å². The van der Waals surface area contributed by atoms with Crippen LogP contribution in [0.5, 0.6) is 0 Å². The zero-order valence-electron chi connectivity index (χ0n) is 6.01. The minimum Gasteiger partial charge on any atom is -0.487 e. The SMILES string of the molecule is NCCCOC(=S)CCN. The zero-order valence-corrected chi connectivity index (χ0v) is 6.82. The Morgan fingerprint density at radius 1 is 1.30 bits per heavy atom. The topological polar surface area (TPSA) is 61.3 Å². The van der Waals surface area contributed by atoms with Crippen molar-refractivity contribution >= 4 is 17.3 Å². The highest BCUT2D eigenvalue weighted by Crippen LogP contribution is 1.88. The lowest BCUT2D eigenvalue weighted by Gasteiger charge is -2.03. The first kappa shape index (κ1) is 9.81. The van der Waals surface area contributed by atoms with E-state index in [4.69, 9.17) is 28.4 Å². The molecule has 0 aliphatic rings. The van der Waals surface area contributed by atoms with E-state index in [1.54, 1.807) is 0 Å². The summed E-state index contributed by atoms with van der Waals surface area (Å²) in [5.74, 6) is 0. The van der Waals surface area contributed by atoms with Gasteiger partial charge in [0.05, 0.1) is 6.61 Å². The predicted molar refractivity (Wildman–Crippen MR) is 45.9 cm³/mol. The van der Waals surface area contributed by atoms with E-state index in [1.807, 2.05) is 0 Å². The van der Waals surface area contributed by atoms with Gasteiger partial charge in [-0.3, -0.25) is 0 Å². The van der Waals surface area contributed by atoms with Gasteiger partial charge in [-0.15, -0.1) is 0 Å². The van der Waals surface area contributed by atoms with Crippen LogP contribution in [0.3, 0.4) is 0 Å². The van der Waals surface area contributed by atoms with E-state index >= 15 is 0 Å². The third-order valence-corrected chi connectivity index (χ3v) is 1.28. The summed E-state index contributed by atoms with van der Waals surface area (Å²) in [4.78, 5) is 0. The number of rotatable bonds is 5. The molecule has 0 aliphatic heterocycles. The first-order valence-corrected chi connectivity index (χ1v) is 3.78. The van der Waals surface area contributed by atoms with Crippen molar-refractivity contribution < 1.29 is 4.74 Å². The fraction of sp³-hybridized carbons (Fsp3) is 0.833. The normalized spacial score (nSPS) is 9.40. The third-order valence-electron chi connectivity index (χ3n) is 0.960. The maximum atomic E-state index is 5.24. The number of hydrogen-bond donors (Lipinski definition) is 2. The van der Waals surface area contributed by atoms with Gasteiger partial charge in [0.2, 0.25) is 0 Å². The Morgan fingerprint density at radius 3 is 2.50 bits per heavy atom. The van der Waals surface area contributed by atoms with E-state index in [0.717, 1.165) is 6.42 Å². The van der Waals surface area contributed by atoms with Gasteiger partial charge < -0.3 is 16.2 Å². The molecular weight excluding hydrogens is 148 g/mol. The molecule has 4 heteroatoms. The van der Waals surface area contributed by atoms with Gasteiger partial charge >= 0.3 is 0 Å². The fourth-order valence-electron chi connectivity index (χ4n) is 0.459. The molecule has 0 radical (unpaired) electrons. The molecule has 0 aromatic rings. The van der Waals surface area contributed by atoms with Crippen LogP contribution in [-0.2, 0) is 4.74 Å². The van der Waals surface area contributed by atoms with Gasteiger partial charge in [0.1, 0.15) is 0 Å². The Kier molecular flexibility index (Phi) is 6.79. The van der Waals surface area contributed by atoms with E-state index < -0.39 is 0 Å². The summed E-state index contributed by atoms with van der Waals surface area (Å²) in [5.41, 5.74) is 10.5. The van der Waals surface area contributed by atoms with E-state index in [-0.39, 0.29) is 0 Å². The number of nitrogens with two attached hydrogens (primary N) is 2. The maximum Gasteiger partial charge on any atom is 0.160 e. The van der Waals surface area contributed by atoms with Crippen molar-refractivity contribution in [1.29, 1.82) is 0 Å². The van der Waals surface area contributed by atoms with Gasteiger partial charge in [-0.25, -0.2) is 0 Å². The monoisotopic (exact) mass is 162 g/mol. The van der Waals surface area contributed by atoms with Gasteiger partial charge in [-0.1, -0.05) is 0 Å². The molecule has 0 saturated heterocycles. The van der Waals surface area contributed by atoms with Crippen molar-refractivity contribution in [3.8, 4) is 0 Å². The molecule has 0 saturated carbocycles. The van der Waals surface area contributed by atoms with Crippen LogP contribution in [0.1, 0.15) is 12.8 Å². The molecule has 60 valence electrons. The highest BCUT2D eigenvalue weighted by atomic mass is 32.1. The smallest absolute Gasteiger partial charge is 0.160 e. The van der Waals surface area contributed by atoms with Crippen LogP contribution in [0.25, 0.3) is 0 Å². The molecule has 0 atom stereocenters. The summed E-state index contributed by atoms with van der Waals surface area (Å²) in [6, 6.07) is 0. The highest BCUT2D eigenvalue weighted by molar-refractivity contribution is 7.80. The lowest BCUT2D eigenvalue weighted by atomic mass is 10.4. The maximum absolute atomic E-state index is 5.24. The summed E-state index contributed by atoms with van der Waals surface area (Å²) in [5, 5.41) is 0.593. The van der Waals surface area contributed by atoms with Gasteiger partial charge in [0, 0.05) is 13.0 Å². The first-order valence-electron chi connectivity index (χ1n) is 3.37. The molecule has 0 rings (SSSR count). The molecule has 0 aliphatic carbocycles. The van der Waals surface area contributed by atoms with Gasteiger partial charge in [0.15, 0.2) is 5.05 Å². The van der Waals surface area contributed by atoms with Crippen LogP contribution in [0.2, 0.25) is 0 Å². The molecule has 4 N–H and O–H groups in total. The average molecular weight is 162 g/mol. The molecule has 0 aromatic carbocycles. The largest absolute Gasteiger partial charge is 0.487 e. The minimum atomic E-state index is 0.557. The Hall–Kier alpha value is -0.190. The number of hydrogen-bond acceptors (Lipinski definition) is 4. The fourth-order valence-corrected chi connectivity index (χ4v) is 0.661. The third kappa shape index (κ3) is 5.94. The molecule has 0 fully saturated rings. The standard InChI is InChI=1S/C6H14N2OS/c7-3-1-5-9-6(10)2-4-8/h1-5,7-8H2. The Labute approximate surface area is 66.7 Å². The van der Waals surface area contributed by atoms with E-state index in [2.05, 4.69) is 0 Å². The molecule has 0 aromatic heterocycles. The van der Waals surface area contributed by atoms with Crippen molar-refractivity contribution in [2.45, 2.75) is 12.8 Å². The van der Waals surface area contributed by atoms with Crippen LogP contribution >= 0.6 is 12.2 Å². The Bertz CT molecular complexity index is 97.7. The first-order chi connectivity index (χ1) is 4.81. The second-order valence-corrected chi connectivity index (χ2v) is 2.36. The van der Waals surface area contributed by atoms with Crippen molar-refractivity contribution in [2.24, 2.45) is 11.5 Å². The molecule has 0 bridgehead atoms. The molecule has 0 heterocycles. The van der Waals surface area contributed by atoms with Gasteiger partial charge in [0.25, 0.3) is 0 Å². The summed E-state index contributed by atoms with van der Waals surface area (Å²) < 4.78 is 5.09. The highest BCUT2D eigenvalue weighted by Gasteiger charge is 1.93. The average Bonchev–Trinajstić information content (AvgIpc) is 1.89. The van der Waals surface area contributed by atoms with Crippen LogP contribution in [-0.4, -0.2) is 24.7 Å². The zero-order chi connectivity index (χ0) is 7.82. The molecule has 0 unspecified atom stereocenters. The van der Waals surface area contributed by atoms with Crippen molar-refractivity contribution in [1.82, 2.24) is 0 Å². The molecule has 0 amide bonds. The lowest BCUT2D eigenvalue weighted by molar-refractivity contribution is 0.301. The summed E-state index contributed by atoms with van der Waals surface area (Å²) in [6.45, 7) is 1.82. The minimum absolute atomic E-state index is 0.557. The van der Waals surface area contributed by atoms with Crippen molar-refractivity contribution in [2.75, 3.05) is 19.7 Å². The molecule has 10 heavy (non-hydrogen) atoms. The van der Waals surface area contributed by atoms with Crippen molar-refractivity contribution in [3.63, 3.8) is 0 Å². The van der Waals surface area contributed by atoms with Gasteiger partial charge in [-0.05, 0) is 25.2 Å². The van der Waals surface area contributed by atoms with Crippen LogP contribution in [0.4, 0.5) is 0 Å². The van der Waals surface area contributed by atoms with Crippen LogP contribution in [0.15, 0.2) is 0 Å². The summed E-state index contributed by atoms with van der Waals surface area (Å²) in [7, 11) is 0. The molecule has 3 nitrogen and oxygen atoms in total. The van der Waals surface area contributed by atoms with E-state index in [0.29, 0.717) is 31.2 Å². The summed E-state index contributed by atoms with van der Waals surface area (Å²) >= 11 is 4.82. The number of thiocarbonyl (C=S) groups is 1. The Balaban J connectivity index is 3.05. The van der Waals surface area contributed by atoms with Crippen LogP contribution in [0, 0.1) is 0 Å². The van der Waals surface area contributed by atoms with Crippen LogP contribution < -0.4 is 11.5 Å². The second kappa shape index (κ2) is 6.92. The molecule has 0 spiro atoms. The van der Waals surface area contributed by atoms with E-state index in [9.17, 15) is 0 Å². The quantitative estimate of drug-likeness (QED) is 0.442. The summed E-state index contributed by atoms with van der Waals surface area (Å²) in [6.07, 6.45) is 1.52. The lowest BCUT2D eigenvalue weighted by Crippen LogP contribution is -2.12. The second-order valence-electron chi connectivity index (χ2n) is 1.90. The Morgan fingerprint density at radius 2 is 2.00 bits per heavy atom.